The van der Waals surface area contributed by atoms with Crippen LogP contribution in [0.5, 0.6) is 0 Å². The summed E-state index contributed by atoms with van der Waals surface area (Å²) in [7, 11) is 0. The normalized spacial score (nSPS) is 13.7. The van der Waals surface area contributed by atoms with E-state index in [4.69, 9.17) is 0 Å². The first-order chi connectivity index (χ1) is 6.89. The molecule has 1 aromatic heterocycles. The number of aromatic nitrogens is 1. The van der Waals surface area contributed by atoms with Crippen molar-refractivity contribution in [2.24, 2.45) is 5.41 Å². The Kier molecular flexibility index (Phi) is 3.69. The SMILES string of the molecule is Cc1cccc(NCC(O)C(C)(C)C)n1. The second kappa shape index (κ2) is 4.62. The van der Waals surface area contributed by atoms with Crippen LogP contribution in [-0.4, -0.2) is 22.7 Å². The molecule has 3 nitrogen and oxygen atoms in total. The molecule has 0 saturated carbocycles. The Morgan fingerprint density at radius 2 is 2.07 bits per heavy atom. The van der Waals surface area contributed by atoms with Crippen molar-refractivity contribution in [1.29, 1.82) is 0 Å². The van der Waals surface area contributed by atoms with Gasteiger partial charge in [-0.1, -0.05) is 26.8 Å². The first kappa shape index (κ1) is 12.0. The van der Waals surface area contributed by atoms with Gasteiger partial charge in [-0.25, -0.2) is 4.98 Å². The molecule has 0 spiro atoms. The van der Waals surface area contributed by atoms with Crippen molar-refractivity contribution < 1.29 is 5.11 Å². The van der Waals surface area contributed by atoms with Gasteiger partial charge < -0.3 is 10.4 Å². The molecule has 1 aromatic rings. The Morgan fingerprint density at radius 1 is 1.40 bits per heavy atom. The lowest BCUT2D eigenvalue weighted by Gasteiger charge is -2.26. The predicted molar refractivity (Wildman–Crippen MR) is 62.9 cm³/mol. The quantitative estimate of drug-likeness (QED) is 0.800. The van der Waals surface area contributed by atoms with E-state index in [1.807, 2.05) is 45.9 Å². The van der Waals surface area contributed by atoms with Gasteiger partial charge in [0.1, 0.15) is 5.82 Å². The number of hydrogen-bond donors (Lipinski definition) is 2. The third-order valence-electron chi connectivity index (χ3n) is 2.36. The van der Waals surface area contributed by atoms with Crippen LogP contribution < -0.4 is 5.32 Å². The van der Waals surface area contributed by atoms with Crippen molar-refractivity contribution in [2.45, 2.75) is 33.8 Å². The van der Waals surface area contributed by atoms with Crippen LogP contribution in [0.2, 0.25) is 0 Å². The van der Waals surface area contributed by atoms with Gasteiger partial charge in [-0.05, 0) is 24.5 Å². The van der Waals surface area contributed by atoms with Gasteiger partial charge in [0.05, 0.1) is 6.10 Å². The van der Waals surface area contributed by atoms with E-state index >= 15 is 0 Å². The van der Waals surface area contributed by atoms with Gasteiger partial charge in [0, 0.05) is 12.2 Å². The fraction of sp³-hybridized carbons (Fsp3) is 0.583. The van der Waals surface area contributed by atoms with Crippen LogP contribution in [0, 0.1) is 12.3 Å². The molecule has 84 valence electrons. The summed E-state index contributed by atoms with van der Waals surface area (Å²) in [6, 6.07) is 5.81. The van der Waals surface area contributed by atoms with E-state index in [1.54, 1.807) is 0 Å². The minimum absolute atomic E-state index is 0.100. The summed E-state index contributed by atoms with van der Waals surface area (Å²) < 4.78 is 0. The fourth-order valence-corrected chi connectivity index (χ4v) is 1.15. The predicted octanol–water partition coefficient (Wildman–Crippen LogP) is 2.21. The molecule has 1 heterocycles. The number of aliphatic hydroxyl groups excluding tert-OH is 1. The number of pyridine rings is 1. The number of nitrogens with zero attached hydrogens (tertiary/aromatic N) is 1. The van der Waals surface area contributed by atoms with E-state index in [-0.39, 0.29) is 11.5 Å². The van der Waals surface area contributed by atoms with Crippen molar-refractivity contribution in [3.05, 3.63) is 23.9 Å². The highest BCUT2D eigenvalue weighted by Crippen LogP contribution is 2.19. The first-order valence-corrected chi connectivity index (χ1v) is 5.25. The molecule has 0 amide bonds. The topological polar surface area (TPSA) is 45.1 Å². The van der Waals surface area contributed by atoms with Crippen LogP contribution in [0.25, 0.3) is 0 Å². The minimum Gasteiger partial charge on any atom is -0.391 e. The third kappa shape index (κ3) is 3.88. The van der Waals surface area contributed by atoms with Crippen LogP contribution in [0.4, 0.5) is 5.82 Å². The molecule has 0 aromatic carbocycles. The second-order valence-electron chi connectivity index (χ2n) is 4.93. The van der Waals surface area contributed by atoms with Crippen molar-refractivity contribution in [3.63, 3.8) is 0 Å². The van der Waals surface area contributed by atoms with Crippen molar-refractivity contribution in [2.75, 3.05) is 11.9 Å². The largest absolute Gasteiger partial charge is 0.391 e. The number of hydrogen-bond acceptors (Lipinski definition) is 3. The average molecular weight is 208 g/mol. The molecule has 2 N–H and O–H groups in total. The third-order valence-corrected chi connectivity index (χ3v) is 2.36. The van der Waals surface area contributed by atoms with Gasteiger partial charge in [0.15, 0.2) is 0 Å². The zero-order valence-electron chi connectivity index (χ0n) is 9.91. The molecule has 0 aliphatic carbocycles. The molecule has 15 heavy (non-hydrogen) atoms. The summed E-state index contributed by atoms with van der Waals surface area (Å²) in [5, 5.41) is 13.0. The molecule has 0 radical (unpaired) electrons. The fourth-order valence-electron chi connectivity index (χ4n) is 1.15. The molecule has 1 atom stereocenters. The summed E-state index contributed by atoms with van der Waals surface area (Å²) in [6.45, 7) is 8.53. The lowest BCUT2D eigenvalue weighted by Crippen LogP contribution is -2.33. The molecule has 0 bridgehead atoms. The van der Waals surface area contributed by atoms with Crippen LogP contribution in [0.3, 0.4) is 0 Å². The van der Waals surface area contributed by atoms with Crippen LogP contribution in [0.1, 0.15) is 26.5 Å². The van der Waals surface area contributed by atoms with E-state index in [2.05, 4.69) is 10.3 Å². The Balaban J connectivity index is 2.51. The van der Waals surface area contributed by atoms with Crippen molar-refractivity contribution >= 4 is 5.82 Å². The number of rotatable bonds is 3. The summed E-state index contributed by atoms with van der Waals surface area (Å²) in [5.41, 5.74) is 0.877. The van der Waals surface area contributed by atoms with Crippen molar-refractivity contribution in [1.82, 2.24) is 4.98 Å². The number of aryl methyl sites for hydroxylation is 1. The average Bonchev–Trinajstić information content (AvgIpc) is 2.12. The maximum absolute atomic E-state index is 9.83. The Hall–Kier alpha value is -1.09. The molecule has 1 rings (SSSR count). The van der Waals surface area contributed by atoms with Gasteiger partial charge in [0.25, 0.3) is 0 Å². The maximum Gasteiger partial charge on any atom is 0.126 e. The molecule has 0 saturated heterocycles. The van der Waals surface area contributed by atoms with Gasteiger partial charge in [-0.2, -0.15) is 0 Å². The maximum atomic E-state index is 9.83. The monoisotopic (exact) mass is 208 g/mol. The van der Waals surface area contributed by atoms with Gasteiger partial charge in [-0.15, -0.1) is 0 Å². The number of nitrogens with one attached hydrogen (secondary N) is 1. The summed E-state index contributed by atoms with van der Waals surface area (Å²) in [6.07, 6.45) is -0.375. The van der Waals surface area contributed by atoms with E-state index < -0.39 is 0 Å². The molecule has 3 heteroatoms. The van der Waals surface area contributed by atoms with E-state index in [1.165, 1.54) is 0 Å². The highest BCUT2D eigenvalue weighted by Gasteiger charge is 2.21. The smallest absolute Gasteiger partial charge is 0.126 e. The van der Waals surface area contributed by atoms with Gasteiger partial charge in [0.2, 0.25) is 0 Å². The summed E-state index contributed by atoms with van der Waals surface area (Å²) in [5.74, 6) is 0.818. The second-order valence-corrected chi connectivity index (χ2v) is 4.93. The molecule has 0 aliphatic rings. The number of anilines is 1. The molecular formula is C12H20N2O. The Morgan fingerprint density at radius 3 is 2.60 bits per heavy atom. The summed E-state index contributed by atoms with van der Waals surface area (Å²) in [4.78, 5) is 4.30. The Bertz CT molecular complexity index is 318. The van der Waals surface area contributed by atoms with Crippen molar-refractivity contribution in [3.8, 4) is 0 Å². The van der Waals surface area contributed by atoms with Gasteiger partial charge in [-0.3, -0.25) is 0 Å². The van der Waals surface area contributed by atoms with Crippen LogP contribution in [0.15, 0.2) is 18.2 Å². The molecular weight excluding hydrogens is 188 g/mol. The van der Waals surface area contributed by atoms with Crippen LogP contribution >= 0.6 is 0 Å². The van der Waals surface area contributed by atoms with E-state index in [0.717, 1.165) is 11.5 Å². The zero-order chi connectivity index (χ0) is 11.5. The highest BCUT2D eigenvalue weighted by atomic mass is 16.3. The van der Waals surface area contributed by atoms with Gasteiger partial charge >= 0.3 is 0 Å². The number of aliphatic hydroxyl groups is 1. The molecule has 1 unspecified atom stereocenters. The standard InChI is InChI=1S/C12H20N2O/c1-9-6-5-7-11(14-9)13-8-10(15)12(2,3)4/h5-7,10,15H,8H2,1-4H3,(H,13,14). The van der Waals surface area contributed by atoms with E-state index in [9.17, 15) is 5.11 Å². The molecule has 0 aliphatic heterocycles. The minimum atomic E-state index is -0.375. The molecule has 0 fully saturated rings. The lowest BCUT2D eigenvalue weighted by molar-refractivity contribution is 0.0745. The van der Waals surface area contributed by atoms with Crippen LogP contribution in [-0.2, 0) is 0 Å². The lowest BCUT2D eigenvalue weighted by atomic mass is 9.89. The summed E-state index contributed by atoms with van der Waals surface area (Å²) >= 11 is 0. The first-order valence-electron chi connectivity index (χ1n) is 5.25. The highest BCUT2D eigenvalue weighted by molar-refractivity contribution is 5.35. The van der Waals surface area contributed by atoms with E-state index in [0.29, 0.717) is 6.54 Å². The Labute approximate surface area is 91.5 Å². The zero-order valence-corrected chi connectivity index (χ0v) is 9.91.